The van der Waals surface area contributed by atoms with E-state index in [0.29, 0.717) is 29.6 Å². The molecular formula is C21H17BrN4O3. The zero-order valence-electron chi connectivity index (χ0n) is 15.3. The van der Waals surface area contributed by atoms with Crippen molar-refractivity contribution in [3.8, 4) is 11.5 Å². The molecule has 1 aliphatic heterocycles. The first-order chi connectivity index (χ1) is 14.2. The van der Waals surface area contributed by atoms with E-state index < -0.39 is 0 Å². The van der Waals surface area contributed by atoms with E-state index >= 15 is 0 Å². The van der Waals surface area contributed by atoms with Crippen LogP contribution < -0.4 is 20.1 Å². The van der Waals surface area contributed by atoms with Crippen molar-refractivity contribution in [2.24, 2.45) is 4.99 Å². The maximum absolute atomic E-state index is 12.8. The minimum absolute atomic E-state index is 0.156. The van der Waals surface area contributed by atoms with Crippen LogP contribution in [0.3, 0.4) is 0 Å². The lowest BCUT2D eigenvalue weighted by molar-refractivity contribution is 0.0976. The zero-order chi connectivity index (χ0) is 20.1. The number of pyridine rings is 1. The van der Waals surface area contributed by atoms with E-state index in [1.54, 1.807) is 30.6 Å². The van der Waals surface area contributed by atoms with E-state index in [0.717, 1.165) is 15.7 Å². The van der Waals surface area contributed by atoms with Crippen LogP contribution in [0.4, 0.5) is 5.69 Å². The number of guanidine groups is 1. The summed E-state index contributed by atoms with van der Waals surface area (Å²) in [4.78, 5) is 21.4. The fraction of sp³-hybridized carbons (Fsp3) is 0.0952. The molecule has 2 aromatic carbocycles. The molecule has 0 saturated carbocycles. The quantitative estimate of drug-likeness (QED) is 0.462. The zero-order valence-corrected chi connectivity index (χ0v) is 16.8. The van der Waals surface area contributed by atoms with Gasteiger partial charge in [-0.3, -0.25) is 15.1 Å². The Morgan fingerprint density at radius 1 is 1.10 bits per heavy atom. The summed E-state index contributed by atoms with van der Waals surface area (Å²) in [5.41, 5.74) is 2.17. The lowest BCUT2D eigenvalue weighted by atomic mass is 10.2. The van der Waals surface area contributed by atoms with Crippen LogP contribution in [0.15, 0.2) is 76.5 Å². The van der Waals surface area contributed by atoms with Gasteiger partial charge in [0.1, 0.15) is 0 Å². The number of ether oxygens (including phenoxy) is 2. The molecule has 7 nitrogen and oxygen atoms in total. The van der Waals surface area contributed by atoms with Gasteiger partial charge in [0.25, 0.3) is 5.91 Å². The molecule has 1 aromatic heterocycles. The van der Waals surface area contributed by atoms with Gasteiger partial charge in [0.05, 0.1) is 6.54 Å². The van der Waals surface area contributed by atoms with Gasteiger partial charge in [-0.2, -0.15) is 0 Å². The third-order valence-corrected chi connectivity index (χ3v) is 4.64. The maximum atomic E-state index is 12.8. The van der Waals surface area contributed by atoms with Crippen molar-refractivity contribution >= 4 is 33.5 Å². The number of nitrogens with one attached hydrogen (secondary N) is 2. The molecule has 8 heteroatoms. The summed E-state index contributed by atoms with van der Waals surface area (Å²) in [5.74, 6) is 1.20. The number of carbonyl (C=O) groups excluding carboxylic acids is 1. The molecule has 3 aromatic rings. The SMILES string of the molecule is O=C(NC(=NCc1cccnc1)Nc1ccc(Br)cc1)c1ccc2c(c1)OCO2. The van der Waals surface area contributed by atoms with Crippen molar-refractivity contribution in [3.05, 3.63) is 82.6 Å². The first-order valence-electron chi connectivity index (χ1n) is 8.84. The van der Waals surface area contributed by atoms with Gasteiger partial charge in [-0.25, -0.2) is 4.99 Å². The van der Waals surface area contributed by atoms with Gasteiger partial charge in [0.2, 0.25) is 12.8 Å². The van der Waals surface area contributed by atoms with Gasteiger partial charge in [-0.15, -0.1) is 0 Å². The van der Waals surface area contributed by atoms with Gasteiger partial charge in [-0.05, 0) is 54.1 Å². The minimum Gasteiger partial charge on any atom is -0.454 e. The summed E-state index contributed by atoms with van der Waals surface area (Å²) >= 11 is 3.41. The number of amides is 1. The number of rotatable bonds is 4. The van der Waals surface area contributed by atoms with Crippen molar-refractivity contribution in [1.82, 2.24) is 10.3 Å². The summed E-state index contributed by atoms with van der Waals surface area (Å²) in [5, 5.41) is 5.98. The molecule has 0 unspecified atom stereocenters. The number of halogens is 1. The molecule has 2 heterocycles. The number of benzene rings is 2. The fourth-order valence-corrected chi connectivity index (χ4v) is 2.92. The first kappa shape index (κ1) is 18.9. The van der Waals surface area contributed by atoms with Crippen LogP contribution >= 0.6 is 15.9 Å². The lowest BCUT2D eigenvalue weighted by Crippen LogP contribution is -2.36. The van der Waals surface area contributed by atoms with Crippen LogP contribution in [0.25, 0.3) is 0 Å². The monoisotopic (exact) mass is 452 g/mol. The number of aliphatic imine (C=N–C) groups is 1. The molecule has 0 aliphatic carbocycles. The molecular weight excluding hydrogens is 436 g/mol. The van der Waals surface area contributed by atoms with E-state index in [1.165, 1.54) is 0 Å². The number of aromatic nitrogens is 1. The van der Waals surface area contributed by atoms with Crippen LogP contribution in [-0.2, 0) is 6.54 Å². The average Bonchev–Trinajstić information content (AvgIpc) is 3.22. The van der Waals surface area contributed by atoms with Gasteiger partial charge < -0.3 is 14.8 Å². The number of anilines is 1. The van der Waals surface area contributed by atoms with Crippen LogP contribution in [0, 0.1) is 0 Å². The minimum atomic E-state index is -0.308. The summed E-state index contributed by atoms with van der Waals surface area (Å²) in [6, 6.07) is 16.4. The smallest absolute Gasteiger partial charge is 0.258 e. The second-order valence-corrected chi connectivity index (χ2v) is 7.10. The normalized spacial score (nSPS) is 12.5. The Morgan fingerprint density at radius 2 is 1.93 bits per heavy atom. The number of fused-ring (bicyclic) bond motifs is 1. The van der Waals surface area contributed by atoms with Crippen LogP contribution in [0.1, 0.15) is 15.9 Å². The van der Waals surface area contributed by atoms with E-state index in [1.807, 2.05) is 36.4 Å². The molecule has 4 rings (SSSR count). The Bertz CT molecular complexity index is 1040. The van der Waals surface area contributed by atoms with Crippen molar-refractivity contribution in [1.29, 1.82) is 0 Å². The first-order valence-corrected chi connectivity index (χ1v) is 9.63. The summed E-state index contributed by atoms with van der Waals surface area (Å²) < 4.78 is 11.6. The Hall–Kier alpha value is -3.39. The molecule has 0 fully saturated rings. The topological polar surface area (TPSA) is 84.8 Å². The fourth-order valence-electron chi connectivity index (χ4n) is 2.66. The van der Waals surface area contributed by atoms with Gasteiger partial charge in [0, 0.05) is 28.1 Å². The van der Waals surface area contributed by atoms with E-state index in [2.05, 4.69) is 36.5 Å². The Morgan fingerprint density at radius 3 is 2.72 bits per heavy atom. The van der Waals surface area contributed by atoms with Crippen molar-refractivity contribution in [2.45, 2.75) is 6.54 Å². The summed E-state index contributed by atoms with van der Waals surface area (Å²) in [6.07, 6.45) is 3.44. The number of hydrogen-bond acceptors (Lipinski definition) is 5. The van der Waals surface area contributed by atoms with Gasteiger partial charge in [-0.1, -0.05) is 22.0 Å². The average molecular weight is 453 g/mol. The van der Waals surface area contributed by atoms with Crippen molar-refractivity contribution in [2.75, 3.05) is 12.1 Å². The number of hydrogen-bond donors (Lipinski definition) is 2. The Balaban J connectivity index is 1.53. The van der Waals surface area contributed by atoms with Crippen LogP contribution in [-0.4, -0.2) is 23.6 Å². The van der Waals surface area contributed by atoms with Crippen molar-refractivity contribution in [3.63, 3.8) is 0 Å². The highest BCUT2D eigenvalue weighted by atomic mass is 79.9. The third-order valence-electron chi connectivity index (χ3n) is 4.12. The lowest BCUT2D eigenvalue weighted by Gasteiger charge is -2.12. The molecule has 1 amide bonds. The Kier molecular flexibility index (Phi) is 5.71. The van der Waals surface area contributed by atoms with Crippen LogP contribution in [0.2, 0.25) is 0 Å². The molecule has 146 valence electrons. The van der Waals surface area contributed by atoms with E-state index in [4.69, 9.17) is 9.47 Å². The highest BCUT2D eigenvalue weighted by Gasteiger charge is 2.17. The van der Waals surface area contributed by atoms with Crippen molar-refractivity contribution < 1.29 is 14.3 Å². The molecule has 0 spiro atoms. The summed E-state index contributed by atoms with van der Waals surface area (Å²) in [7, 11) is 0. The van der Waals surface area contributed by atoms with Crippen LogP contribution in [0.5, 0.6) is 11.5 Å². The van der Waals surface area contributed by atoms with Gasteiger partial charge >= 0.3 is 0 Å². The predicted octanol–water partition coefficient (Wildman–Crippen LogP) is 3.97. The highest BCUT2D eigenvalue weighted by Crippen LogP contribution is 2.32. The molecule has 0 saturated heterocycles. The molecule has 0 atom stereocenters. The molecule has 29 heavy (non-hydrogen) atoms. The second-order valence-electron chi connectivity index (χ2n) is 6.18. The highest BCUT2D eigenvalue weighted by molar-refractivity contribution is 9.10. The predicted molar refractivity (Wildman–Crippen MR) is 113 cm³/mol. The number of nitrogens with zero attached hydrogens (tertiary/aromatic N) is 2. The van der Waals surface area contributed by atoms with Gasteiger partial charge in [0.15, 0.2) is 11.5 Å². The molecule has 0 radical (unpaired) electrons. The number of carbonyl (C=O) groups is 1. The third kappa shape index (κ3) is 4.91. The standard InChI is InChI=1S/C21H17BrN4O3/c22-16-4-6-17(7-5-16)25-21(24-12-14-2-1-9-23-11-14)26-20(27)15-3-8-18-19(10-15)29-13-28-18/h1-11H,12-13H2,(H2,24,25,26,27). The molecule has 2 N–H and O–H groups in total. The molecule has 0 bridgehead atoms. The maximum Gasteiger partial charge on any atom is 0.258 e. The van der Waals surface area contributed by atoms with E-state index in [9.17, 15) is 4.79 Å². The largest absolute Gasteiger partial charge is 0.454 e. The second kappa shape index (κ2) is 8.74. The summed E-state index contributed by atoms with van der Waals surface area (Å²) in [6.45, 7) is 0.525. The Labute approximate surface area is 175 Å². The van der Waals surface area contributed by atoms with E-state index in [-0.39, 0.29) is 12.7 Å². The molecule has 1 aliphatic rings.